The van der Waals surface area contributed by atoms with Gasteiger partial charge in [0.2, 0.25) is 11.9 Å². The monoisotopic (exact) mass is 477 g/mol. The molecule has 1 aliphatic heterocycles. The number of anilines is 1. The molecule has 0 spiro atoms. The molecule has 2 aromatic rings. The summed E-state index contributed by atoms with van der Waals surface area (Å²) in [5.74, 6) is -2.87. The van der Waals surface area contributed by atoms with Crippen LogP contribution < -0.4 is 22.1 Å². The molecule has 1 saturated heterocycles. The summed E-state index contributed by atoms with van der Waals surface area (Å²) >= 11 is 0. The predicted molar refractivity (Wildman–Crippen MR) is 103 cm³/mol. The maximum Gasteiger partial charge on any atom is 0.432 e. The number of nitrogen functional groups attached to an aromatic ring is 1. The quantitative estimate of drug-likeness (QED) is 0.170. The highest BCUT2D eigenvalue weighted by Crippen LogP contribution is 2.39. The van der Waals surface area contributed by atoms with Crippen LogP contribution >= 0.6 is 7.75 Å². The second-order valence-electron chi connectivity index (χ2n) is 6.82. The number of nitrogens with one attached hydrogen (secondary N) is 2. The number of imidazole rings is 1. The van der Waals surface area contributed by atoms with Gasteiger partial charge in [-0.05, 0) is 0 Å². The molecule has 0 radical (unpaired) electrons. The third kappa shape index (κ3) is 4.94. The number of nitrogens with two attached hydrogens (primary N) is 2. The van der Waals surface area contributed by atoms with Crippen molar-refractivity contribution < 1.29 is 43.6 Å². The fourth-order valence-corrected chi connectivity index (χ4v) is 3.79. The average molecular weight is 477 g/mol. The Bertz CT molecular complexity index is 1130. The van der Waals surface area contributed by atoms with Gasteiger partial charge in [-0.15, -0.1) is 0 Å². The number of rotatable bonds is 8. The van der Waals surface area contributed by atoms with Crippen molar-refractivity contribution in [2.75, 3.05) is 12.3 Å². The number of hydrogen-bond donors (Lipinski definition) is 8. The van der Waals surface area contributed by atoms with E-state index in [1.165, 1.54) is 0 Å². The highest BCUT2D eigenvalue weighted by atomic mass is 31.2. The highest BCUT2D eigenvalue weighted by Gasteiger charge is 2.45. The number of hydrogen-bond acceptors (Lipinski definition) is 12. The largest absolute Gasteiger partial charge is 0.481 e. The SMILES string of the molecule is Nc1nc2c(ncn2[C@@H]2O[C@H](COP(=O)(O)NC(=O)[C@@H](N)CC(=O)O)[C@@H](O)[C@H]2O)c(=O)[nH]1. The number of aromatic amines is 1. The molecule has 1 amide bonds. The van der Waals surface area contributed by atoms with Crippen LogP contribution in [0.15, 0.2) is 11.1 Å². The summed E-state index contributed by atoms with van der Waals surface area (Å²) in [6.45, 7) is -0.764. The molecular formula is C14H20N7O10P. The van der Waals surface area contributed by atoms with E-state index in [4.69, 9.17) is 25.8 Å². The highest BCUT2D eigenvalue weighted by molar-refractivity contribution is 7.51. The maximum absolute atomic E-state index is 12.0. The molecule has 0 aromatic carbocycles. The number of carboxylic acid groups (broad SMARTS) is 1. The van der Waals surface area contributed by atoms with Crippen LogP contribution in [0.2, 0.25) is 0 Å². The molecular weight excluding hydrogens is 457 g/mol. The molecule has 1 unspecified atom stereocenters. The van der Waals surface area contributed by atoms with Crippen LogP contribution in [0.5, 0.6) is 0 Å². The molecule has 176 valence electrons. The second-order valence-corrected chi connectivity index (χ2v) is 8.34. The van der Waals surface area contributed by atoms with Crippen molar-refractivity contribution in [3.05, 3.63) is 16.7 Å². The van der Waals surface area contributed by atoms with E-state index in [1.807, 2.05) is 0 Å². The molecule has 17 nitrogen and oxygen atoms in total. The molecule has 0 bridgehead atoms. The number of aromatic nitrogens is 4. The Balaban J connectivity index is 1.68. The lowest BCUT2D eigenvalue weighted by molar-refractivity contribution is -0.139. The normalized spacial score (nSPS) is 26.0. The minimum atomic E-state index is -4.82. The maximum atomic E-state index is 12.0. The van der Waals surface area contributed by atoms with Crippen LogP contribution in [0.1, 0.15) is 12.6 Å². The van der Waals surface area contributed by atoms with Crippen LogP contribution in [-0.2, 0) is 23.4 Å². The zero-order valence-electron chi connectivity index (χ0n) is 16.1. The van der Waals surface area contributed by atoms with Crippen LogP contribution in [-0.4, -0.2) is 82.6 Å². The molecule has 0 aliphatic carbocycles. The van der Waals surface area contributed by atoms with Gasteiger partial charge in [-0.2, -0.15) is 4.98 Å². The molecule has 0 saturated carbocycles. The van der Waals surface area contributed by atoms with Gasteiger partial charge < -0.3 is 36.4 Å². The molecule has 2 aromatic heterocycles. The van der Waals surface area contributed by atoms with Crippen LogP contribution in [0.3, 0.4) is 0 Å². The molecule has 3 heterocycles. The Morgan fingerprint density at radius 3 is 2.75 bits per heavy atom. The first-order chi connectivity index (χ1) is 14.9. The molecule has 10 N–H and O–H groups in total. The molecule has 1 fully saturated rings. The van der Waals surface area contributed by atoms with E-state index in [1.54, 1.807) is 5.09 Å². The van der Waals surface area contributed by atoms with E-state index in [2.05, 4.69) is 15.0 Å². The van der Waals surface area contributed by atoms with Crippen LogP contribution in [0, 0.1) is 0 Å². The number of fused-ring (bicyclic) bond motifs is 1. The summed E-state index contributed by atoms with van der Waals surface area (Å²) in [4.78, 5) is 53.9. The molecule has 32 heavy (non-hydrogen) atoms. The standard InChI is InChI=1S/C14H20N7O10P/c15-4(1-6(22)23)11(26)20-32(28,29)30-2-5-8(24)9(25)13(31-5)21-3-17-7-10(21)18-14(16)19-12(7)27/h3-5,8-9,13,24-25H,1-2,15H2,(H,22,23)(H3,16,18,19,27)(H2,20,26,28,29)/t4-,5+,8+,9+,13+/m0/s1. The Kier molecular flexibility index (Phi) is 6.61. The van der Waals surface area contributed by atoms with Gasteiger partial charge in [-0.1, -0.05) is 0 Å². The number of H-pyrrole nitrogens is 1. The zero-order chi connectivity index (χ0) is 23.8. The third-order valence-corrected chi connectivity index (χ3v) is 5.46. The minimum absolute atomic E-state index is 0.0448. The van der Waals surface area contributed by atoms with Crippen molar-refractivity contribution in [2.45, 2.75) is 37.0 Å². The van der Waals surface area contributed by atoms with E-state index >= 15 is 0 Å². The molecule has 3 rings (SSSR count). The topological polar surface area (TPSA) is 278 Å². The van der Waals surface area contributed by atoms with Gasteiger partial charge in [0.05, 0.1) is 25.4 Å². The van der Waals surface area contributed by atoms with Gasteiger partial charge in [-0.3, -0.25) is 33.5 Å². The number of nitrogens with zero attached hydrogens (tertiary/aromatic N) is 3. The molecule has 1 aliphatic rings. The van der Waals surface area contributed by atoms with Crippen LogP contribution in [0.25, 0.3) is 11.2 Å². The number of ether oxygens (including phenoxy) is 1. The molecule has 18 heteroatoms. The fraction of sp³-hybridized carbons (Fsp3) is 0.500. The van der Waals surface area contributed by atoms with Gasteiger partial charge in [0.1, 0.15) is 18.3 Å². The summed E-state index contributed by atoms with van der Waals surface area (Å²) in [7, 11) is -4.82. The Hall–Kier alpha value is -2.92. The zero-order valence-corrected chi connectivity index (χ0v) is 17.0. The number of amides is 1. The average Bonchev–Trinajstić information content (AvgIpc) is 3.21. The fourth-order valence-electron chi connectivity index (χ4n) is 2.94. The summed E-state index contributed by atoms with van der Waals surface area (Å²) < 4.78 is 23.4. The number of aliphatic carboxylic acids is 1. The van der Waals surface area contributed by atoms with E-state index in [0.29, 0.717) is 0 Å². The minimum Gasteiger partial charge on any atom is -0.481 e. The van der Waals surface area contributed by atoms with E-state index in [0.717, 1.165) is 10.9 Å². The number of carboxylic acids is 1. The smallest absolute Gasteiger partial charge is 0.432 e. The first kappa shape index (κ1) is 23.7. The number of aliphatic hydroxyl groups is 2. The van der Waals surface area contributed by atoms with Gasteiger partial charge >= 0.3 is 13.7 Å². The van der Waals surface area contributed by atoms with Gasteiger partial charge in [0.25, 0.3) is 5.56 Å². The summed E-state index contributed by atoms with van der Waals surface area (Å²) in [6.07, 6.45) is -5.52. The van der Waals surface area contributed by atoms with Gasteiger partial charge in [-0.25, -0.2) is 9.55 Å². The van der Waals surface area contributed by atoms with E-state index in [-0.39, 0.29) is 17.1 Å². The van der Waals surface area contributed by atoms with Crippen molar-refractivity contribution >= 4 is 36.7 Å². The lowest BCUT2D eigenvalue weighted by Crippen LogP contribution is -2.41. The summed E-state index contributed by atoms with van der Waals surface area (Å²) in [6, 6.07) is -1.60. The Morgan fingerprint density at radius 1 is 1.41 bits per heavy atom. The van der Waals surface area contributed by atoms with E-state index < -0.39 is 68.8 Å². The van der Waals surface area contributed by atoms with Gasteiger partial charge in [0, 0.05) is 0 Å². The van der Waals surface area contributed by atoms with Crippen molar-refractivity contribution in [3.8, 4) is 0 Å². The van der Waals surface area contributed by atoms with E-state index in [9.17, 15) is 34.1 Å². The summed E-state index contributed by atoms with van der Waals surface area (Å²) in [5.41, 5.74) is 10.0. The Morgan fingerprint density at radius 2 is 2.09 bits per heavy atom. The predicted octanol–water partition coefficient (Wildman–Crippen LogP) is -3.64. The van der Waals surface area contributed by atoms with Crippen molar-refractivity contribution in [2.24, 2.45) is 5.73 Å². The van der Waals surface area contributed by atoms with Crippen molar-refractivity contribution in [1.29, 1.82) is 0 Å². The van der Waals surface area contributed by atoms with Gasteiger partial charge in [0.15, 0.2) is 17.4 Å². The van der Waals surface area contributed by atoms with Crippen molar-refractivity contribution in [1.82, 2.24) is 24.6 Å². The lowest BCUT2D eigenvalue weighted by Gasteiger charge is -2.19. The molecule has 6 atom stereocenters. The lowest BCUT2D eigenvalue weighted by atomic mass is 10.1. The van der Waals surface area contributed by atoms with Crippen LogP contribution in [0.4, 0.5) is 5.95 Å². The second kappa shape index (κ2) is 8.91. The summed E-state index contributed by atoms with van der Waals surface area (Å²) in [5, 5.41) is 30.7. The number of aliphatic hydroxyl groups excluding tert-OH is 2. The first-order valence-electron chi connectivity index (χ1n) is 8.90. The number of carbonyl (C=O) groups is 2. The van der Waals surface area contributed by atoms with Crippen molar-refractivity contribution in [3.63, 3.8) is 0 Å². The third-order valence-electron chi connectivity index (χ3n) is 4.46. The Labute approximate surface area is 177 Å². The first-order valence-corrected chi connectivity index (χ1v) is 10.5. The number of carbonyl (C=O) groups excluding carboxylic acids is 1.